The highest BCUT2D eigenvalue weighted by Gasteiger charge is 2.13. The molecule has 3 aromatic carbocycles. The summed E-state index contributed by atoms with van der Waals surface area (Å²) in [5, 5.41) is 4.10. The fraction of sp³-hybridized carbons (Fsp3) is 0.208. The van der Waals surface area contributed by atoms with E-state index in [1.54, 1.807) is 0 Å². The second kappa shape index (κ2) is 9.33. The minimum Gasteiger partial charge on any atom is -0.332 e. The maximum absolute atomic E-state index is 5.76. The molecule has 1 N–H and O–H groups in total. The van der Waals surface area contributed by atoms with Crippen molar-refractivity contribution in [1.29, 1.82) is 0 Å². The van der Waals surface area contributed by atoms with Gasteiger partial charge in [0.25, 0.3) is 0 Å². The van der Waals surface area contributed by atoms with Crippen LogP contribution in [0.25, 0.3) is 0 Å². The minimum absolute atomic E-state index is 0.574. The topological polar surface area (TPSA) is 15.3 Å². The monoisotopic (exact) mass is 374 g/mol. The van der Waals surface area contributed by atoms with Gasteiger partial charge in [-0.2, -0.15) is 0 Å². The summed E-state index contributed by atoms with van der Waals surface area (Å²) in [6, 6.07) is 29.3. The van der Waals surface area contributed by atoms with Crippen molar-refractivity contribution in [1.82, 2.24) is 0 Å². The largest absolute Gasteiger partial charge is 0.332 e. The Morgan fingerprint density at radius 1 is 0.889 bits per heavy atom. The molecule has 1 atom stereocenters. The standard InChI is InChI=1S/C24H26N2S/c1-3-19(2)21-14-16-22(17-15-21)25-24(27)26(23-12-8-5-9-13-23)18-20-10-6-4-7-11-20/h4-17,19H,3,18H2,1-2H3,(H,25,27). The number of thiocarbonyl (C=S) groups is 1. The van der Waals surface area contributed by atoms with Crippen molar-refractivity contribution in [3.05, 3.63) is 96.1 Å². The predicted molar refractivity (Wildman–Crippen MR) is 120 cm³/mol. The predicted octanol–water partition coefficient (Wildman–Crippen LogP) is 6.60. The molecule has 0 fully saturated rings. The van der Waals surface area contributed by atoms with Gasteiger partial charge in [-0.3, -0.25) is 0 Å². The molecule has 1 unspecified atom stereocenters. The zero-order chi connectivity index (χ0) is 19.1. The first-order chi connectivity index (χ1) is 13.2. The number of nitrogens with zero attached hydrogens (tertiary/aromatic N) is 1. The Labute approximate surface area is 167 Å². The molecule has 0 saturated heterocycles. The Balaban J connectivity index is 1.78. The normalized spacial score (nSPS) is 11.6. The van der Waals surface area contributed by atoms with Gasteiger partial charge in [0.2, 0.25) is 0 Å². The highest BCUT2D eigenvalue weighted by molar-refractivity contribution is 7.80. The molecule has 0 aliphatic carbocycles. The lowest BCUT2D eigenvalue weighted by Gasteiger charge is -2.26. The average molecular weight is 375 g/mol. The summed E-state index contributed by atoms with van der Waals surface area (Å²) >= 11 is 5.76. The summed E-state index contributed by atoms with van der Waals surface area (Å²) in [5.41, 5.74) is 4.67. The molecule has 0 bridgehead atoms. The lowest BCUT2D eigenvalue weighted by Crippen LogP contribution is -2.34. The first-order valence-electron chi connectivity index (χ1n) is 9.45. The third-order valence-electron chi connectivity index (χ3n) is 4.84. The molecule has 27 heavy (non-hydrogen) atoms. The molecular weight excluding hydrogens is 348 g/mol. The van der Waals surface area contributed by atoms with Gasteiger partial charge < -0.3 is 10.2 Å². The van der Waals surface area contributed by atoms with Crippen LogP contribution in [-0.4, -0.2) is 5.11 Å². The quantitative estimate of drug-likeness (QED) is 0.489. The second-order valence-electron chi connectivity index (χ2n) is 6.77. The van der Waals surface area contributed by atoms with Crippen molar-refractivity contribution in [3.63, 3.8) is 0 Å². The van der Waals surface area contributed by atoms with Gasteiger partial charge >= 0.3 is 0 Å². The molecule has 3 aromatic rings. The number of rotatable bonds is 6. The highest BCUT2D eigenvalue weighted by Crippen LogP contribution is 2.22. The molecule has 0 heterocycles. The van der Waals surface area contributed by atoms with Crippen LogP contribution < -0.4 is 10.2 Å². The van der Waals surface area contributed by atoms with Crippen molar-refractivity contribution < 1.29 is 0 Å². The lowest BCUT2D eigenvalue weighted by atomic mass is 9.99. The van der Waals surface area contributed by atoms with E-state index in [2.05, 4.69) is 84.7 Å². The molecule has 0 amide bonds. The number of hydrogen-bond donors (Lipinski definition) is 1. The van der Waals surface area contributed by atoms with Crippen LogP contribution in [0, 0.1) is 0 Å². The van der Waals surface area contributed by atoms with Crippen molar-refractivity contribution in [2.24, 2.45) is 0 Å². The summed E-state index contributed by atoms with van der Waals surface area (Å²) in [6.45, 7) is 5.19. The van der Waals surface area contributed by atoms with Gasteiger partial charge in [-0.05, 0) is 59.9 Å². The highest BCUT2D eigenvalue weighted by atomic mass is 32.1. The molecule has 138 valence electrons. The number of para-hydroxylation sites is 1. The van der Waals surface area contributed by atoms with E-state index in [0.29, 0.717) is 11.0 Å². The van der Waals surface area contributed by atoms with E-state index in [0.717, 1.165) is 24.3 Å². The Hall–Kier alpha value is -2.65. The Bertz CT molecular complexity index is 845. The van der Waals surface area contributed by atoms with Crippen LogP contribution in [0.1, 0.15) is 37.3 Å². The Morgan fingerprint density at radius 2 is 1.48 bits per heavy atom. The summed E-state index contributed by atoms with van der Waals surface area (Å²) in [7, 11) is 0. The molecule has 2 nitrogen and oxygen atoms in total. The summed E-state index contributed by atoms with van der Waals surface area (Å²) in [5.74, 6) is 0.574. The van der Waals surface area contributed by atoms with Gasteiger partial charge in [-0.1, -0.05) is 74.5 Å². The number of anilines is 2. The van der Waals surface area contributed by atoms with E-state index in [1.807, 2.05) is 24.3 Å². The van der Waals surface area contributed by atoms with E-state index < -0.39 is 0 Å². The summed E-state index contributed by atoms with van der Waals surface area (Å²) in [4.78, 5) is 2.13. The average Bonchev–Trinajstić information content (AvgIpc) is 2.73. The van der Waals surface area contributed by atoms with Gasteiger partial charge in [0.15, 0.2) is 5.11 Å². The van der Waals surface area contributed by atoms with Crippen molar-refractivity contribution in [3.8, 4) is 0 Å². The van der Waals surface area contributed by atoms with E-state index >= 15 is 0 Å². The molecule has 0 aliphatic heterocycles. The Kier molecular flexibility index (Phi) is 6.61. The fourth-order valence-electron chi connectivity index (χ4n) is 2.98. The van der Waals surface area contributed by atoms with Crippen molar-refractivity contribution in [2.45, 2.75) is 32.7 Å². The molecular formula is C24H26N2S. The van der Waals surface area contributed by atoms with Crippen LogP contribution in [0.5, 0.6) is 0 Å². The first-order valence-corrected chi connectivity index (χ1v) is 9.85. The second-order valence-corrected chi connectivity index (χ2v) is 7.16. The van der Waals surface area contributed by atoms with Crippen LogP contribution >= 0.6 is 12.2 Å². The van der Waals surface area contributed by atoms with E-state index in [-0.39, 0.29) is 0 Å². The van der Waals surface area contributed by atoms with E-state index in [4.69, 9.17) is 12.2 Å². The van der Waals surface area contributed by atoms with Crippen LogP contribution in [0.2, 0.25) is 0 Å². The maximum Gasteiger partial charge on any atom is 0.178 e. The van der Waals surface area contributed by atoms with Gasteiger partial charge in [0, 0.05) is 11.4 Å². The summed E-state index contributed by atoms with van der Waals surface area (Å²) in [6.07, 6.45) is 1.14. The SMILES string of the molecule is CCC(C)c1ccc(NC(=S)N(Cc2ccccc2)c2ccccc2)cc1. The zero-order valence-electron chi connectivity index (χ0n) is 15.9. The molecule has 0 saturated carbocycles. The third kappa shape index (κ3) is 5.18. The van der Waals surface area contributed by atoms with Gasteiger partial charge in [0.05, 0.1) is 6.54 Å². The summed E-state index contributed by atoms with van der Waals surface area (Å²) < 4.78 is 0. The van der Waals surface area contributed by atoms with Gasteiger partial charge in [-0.15, -0.1) is 0 Å². The van der Waals surface area contributed by atoms with E-state index in [9.17, 15) is 0 Å². The van der Waals surface area contributed by atoms with E-state index in [1.165, 1.54) is 11.1 Å². The van der Waals surface area contributed by atoms with Crippen LogP contribution in [0.15, 0.2) is 84.9 Å². The molecule has 0 radical (unpaired) electrons. The maximum atomic E-state index is 5.76. The molecule has 0 aliphatic rings. The molecule has 0 spiro atoms. The number of benzene rings is 3. The van der Waals surface area contributed by atoms with Crippen LogP contribution in [0.3, 0.4) is 0 Å². The third-order valence-corrected chi connectivity index (χ3v) is 5.16. The van der Waals surface area contributed by atoms with Crippen LogP contribution in [-0.2, 0) is 6.54 Å². The Morgan fingerprint density at radius 3 is 2.07 bits per heavy atom. The lowest BCUT2D eigenvalue weighted by molar-refractivity contribution is 0.734. The zero-order valence-corrected chi connectivity index (χ0v) is 16.7. The number of nitrogens with one attached hydrogen (secondary N) is 1. The van der Waals surface area contributed by atoms with Crippen LogP contribution in [0.4, 0.5) is 11.4 Å². The smallest absolute Gasteiger partial charge is 0.178 e. The van der Waals surface area contributed by atoms with Crippen molar-refractivity contribution in [2.75, 3.05) is 10.2 Å². The fourth-order valence-corrected chi connectivity index (χ4v) is 3.26. The molecule has 0 aromatic heterocycles. The van der Waals surface area contributed by atoms with Crippen molar-refractivity contribution >= 4 is 28.7 Å². The molecule has 3 rings (SSSR count). The minimum atomic E-state index is 0.574. The van der Waals surface area contributed by atoms with Gasteiger partial charge in [-0.25, -0.2) is 0 Å². The van der Waals surface area contributed by atoms with Gasteiger partial charge in [0.1, 0.15) is 0 Å². The number of hydrogen-bond acceptors (Lipinski definition) is 1. The molecule has 3 heteroatoms. The first kappa shape index (κ1) is 19.1.